The van der Waals surface area contributed by atoms with E-state index in [9.17, 15) is 14.0 Å². The molecule has 4 aromatic rings. The zero-order chi connectivity index (χ0) is 26.5. The molecule has 0 atom stereocenters. The maximum atomic E-state index is 14.3. The van der Waals surface area contributed by atoms with Gasteiger partial charge in [0.1, 0.15) is 18.1 Å². The lowest BCUT2D eigenvalue weighted by Crippen LogP contribution is -2.42. The van der Waals surface area contributed by atoms with Crippen molar-refractivity contribution in [2.45, 2.75) is 19.9 Å². The van der Waals surface area contributed by atoms with Gasteiger partial charge in [-0.1, -0.05) is 41.9 Å². The fraction of sp³-hybridized carbons (Fsp3) is 0.179. The summed E-state index contributed by atoms with van der Waals surface area (Å²) in [7, 11) is 1.57. The van der Waals surface area contributed by atoms with Crippen molar-refractivity contribution in [3.63, 3.8) is 0 Å². The number of carbonyl (C=O) groups excluding carboxylic acids is 2. The van der Waals surface area contributed by atoms with E-state index in [2.05, 4.69) is 10.3 Å². The Labute approximate surface area is 219 Å². The summed E-state index contributed by atoms with van der Waals surface area (Å²) >= 11 is 6.04. The molecule has 2 amide bonds. The summed E-state index contributed by atoms with van der Waals surface area (Å²) in [5.41, 5.74) is 2.04. The van der Waals surface area contributed by atoms with Gasteiger partial charge in [-0.05, 0) is 50.2 Å². The smallest absolute Gasteiger partial charge is 0.257 e. The predicted octanol–water partition coefficient (Wildman–Crippen LogP) is 5.83. The van der Waals surface area contributed by atoms with Crippen LogP contribution in [0.4, 0.5) is 10.3 Å². The van der Waals surface area contributed by atoms with E-state index in [1.54, 1.807) is 49.9 Å². The second-order valence-corrected chi connectivity index (χ2v) is 9.02. The molecule has 9 heteroatoms. The van der Waals surface area contributed by atoms with E-state index >= 15 is 0 Å². The van der Waals surface area contributed by atoms with Gasteiger partial charge in [-0.3, -0.25) is 19.5 Å². The standard InChI is InChI=1S/C28H26ClFN4O3/c1-18(2)33(27(36)23-9-4-5-10-24(23)30)17-26(35)32-28-31-25(19-11-13-20(29)14-12-19)16-34(28)21-7-6-8-22(15-21)37-3/h4-16,18H,17H2,1-3H3,(H,31,32,35). The molecule has 0 saturated carbocycles. The maximum absolute atomic E-state index is 14.3. The Bertz CT molecular complexity index is 1420. The molecule has 3 aromatic carbocycles. The van der Waals surface area contributed by atoms with E-state index in [1.165, 1.54) is 23.1 Å². The number of imidazole rings is 1. The van der Waals surface area contributed by atoms with Crippen molar-refractivity contribution in [1.29, 1.82) is 0 Å². The lowest BCUT2D eigenvalue weighted by Gasteiger charge is -2.26. The minimum Gasteiger partial charge on any atom is -0.497 e. The molecule has 0 aliphatic carbocycles. The molecule has 0 radical (unpaired) electrons. The van der Waals surface area contributed by atoms with Crippen molar-refractivity contribution in [1.82, 2.24) is 14.5 Å². The van der Waals surface area contributed by atoms with Gasteiger partial charge in [-0.2, -0.15) is 0 Å². The number of rotatable bonds is 8. The van der Waals surface area contributed by atoms with Gasteiger partial charge in [0.2, 0.25) is 11.9 Å². The number of carbonyl (C=O) groups is 2. The molecule has 0 aliphatic rings. The fourth-order valence-corrected chi connectivity index (χ4v) is 3.91. The minimum absolute atomic E-state index is 0.0908. The van der Waals surface area contributed by atoms with E-state index < -0.39 is 17.6 Å². The first-order chi connectivity index (χ1) is 17.8. The van der Waals surface area contributed by atoms with E-state index in [0.717, 1.165) is 5.56 Å². The molecule has 0 saturated heterocycles. The van der Waals surface area contributed by atoms with E-state index in [-0.39, 0.29) is 24.1 Å². The van der Waals surface area contributed by atoms with Gasteiger partial charge >= 0.3 is 0 Å². The monoisotopic (exact) mass is 520 g/mol. The molecular weight excluding hydrogens is 495 g/mol. The molecule has 0 bridgehead atoms. The van der Waals surface area contributed by atoms with Crippen molar-refractivity contribution in [2.24, 2.45) is 0 Å². The van der Waals surface area contributed by atoms with Crippen LogP contribution in [0.2, 0.25) is 5.02 Å². The Hall–Kier alpha value is -4.17. The normalized spacial score (nSPS) is 10.9. The highest BCUT2D eigenvalue weighted by Gasteiger charge is 2.25. The third-order valence-electron chi connectivity index (χ3n) is 5.73. The highest BCUT2D eigenvalue weighted by molar-refractivity contribution is 6.30. The second-order valence-electron chi connectivity index (χ2n) is 8.58. The highest BCUT2D eigenvalue weighted by Crippen LogP contribution is 2.27. The zero-order valence-electron chi connectivity index (χ0n) is 20.6. The van der Waals surface area contributed by atoms with Crippen LogP contribution < -0.4 is 10.1 Å². The average Bonchev–Trinajstić information content (AvgIpc) is 3.31. The highest BCUT2D eigenvalue weighted by atomic mass is 35.5. The molecule has 37 heavy (non-hydrogen) atoms. The number of hydrogen-bond donors (Lipinski definition) is 1. The summed E-state index contributed by atoms with van der Waals surface area (Å²) < 4.78 is 21.3. The van der Waals surface area contributed by atoms with Crippen LogP contribution in [0.1, 0.15) is 24.2 Å². The van der Waals surface area contributed by atoms with Crippen molar-refractivity contribution in [3.05, 3.63) is 95.4 Å². The van der Waals surface area contributed by atoms with Crippen molar-refractivity contribution < 1.29 is 18.7 Å². The summed E-state index contributed by atoms with van der Waals surface area (Å²) in [5.74, 6) is -0.792. The summed E-state index contributed by atoms with van der Waals surface area (Å²) in [5, 5.41) is 3.41. The quantitative estimate of drug-likeness (QED) is 0.317. The zero-order valence-corrected chi connectivity index (χ0v) is 21.4. The Balaban J connectivity index is 1.65. The van der Waals surface area contributed by atoms with Crippen LogP contribution in [-0.2, 0) is 4.79 Å². The van der Waals surface area contributed by atoms with Gasteiger partial charge in [0.25, 0.3) is 5.91 Å². The van der Waals surface area contributed by atoms with E-state index in [4.69, 9.17) is 16.3 Å². The largest absolute Gasteiger partial charge is 0.497 e. The molecule has 1 N–H and O–H groups in total. The number of nitrogens with zero attached hydrogens (tertiary/aromatic N) is 3. The Morgan fingerprint density at radius 2 is 1.81 bits per heavy atom. The molecule has 190 valence electrons. The number of benzene rings is 3. The lowest BCUT2D eigenvalue weighted by atomic mass is 10.1. The minimum atomic E-state index is -0.639. The summed E-state index contributed by atoms with van der Waals surface area (Å²) in [4.78, 5) is 32.1. The van der Waals surface area contributed by atoms with Gasteiger partial charge in [0.15, 0.2) is 0 Å². The van der Waals surface area contributed by atoms with E-state index in [1.807, 2.05) is 36.4 Å². The lowest BCUT2D eigenvalue weighted by molar-refractivity contribution is -0.117. The number of amides is 2. The van der Waals surface area contributed by atoms with Crippen LogP contribution in [0.15, 0.2) is 79.0 Å². The molecule has 0 unspecified atom stereocenters. The van der Waals surface area contributed by atoms with Crippen LogP contribution in [0.5, 0.6) is 5.75 Å². The molecule has 0 aliphatic heterocycles. The summed E-state index contributed by atoms with van der Waals surface area (Å²) in [6.45, 7) is 3.25. The number of aromatic nitrogens is 2. The number of hydrogen-bond acceptors (Lipinski definition) is 4. The summed E-state index contributed by atoms with van der Waals surface area (Å²) in [6, 6.07) is 19.9. The maximum Gasteiger partial charge on any atom is 0.257 e. The Kier molecular flexibility index (Phi) is 7.89. The molecule has 4 rings (SSSR count). The number of ether oxygens (including phenoxy) is 1. The first-order valence-electron chi connectivity index (χ1n) is 11.6. The molecule has 1 heterocycles. The Morgan fingerprint density at radius 1 is 1.08 bits per heavy atom. The SMILES string of the molecule is COc1cccc(-n2cc(-c3ccc(Cl)cc3)nc2NC(=O)CN(C(=O)c2ccccc2F)C(C)C)c1. The molecule has 0 spiro atoms. The Morgan fingerprint density at radius 3 is 2.49 bits per heavy atom. The number of methoxy groups -OCH3 is 1. The van der Waals surface area contributed by atoms with Gasteiger partial charge in [0, 0.05) is 28.9 Å². The van der Waals surface area contributed by atoms with Crippen LogP contribution in [0, 0.1) is 5.82 Å². The van der Waals surface area contributed by atoms with Gasteiger partial charge in [-0.15, -0.1) is 0 Å². The van der Waals surface area contributed by atoms with Gasteiger partial charge in [0.05, 0.1) is 24.1 Å². The average molecular weight is 521 g/mol. The third-order valence-corrected chi connectivity index (χ3v) is 5.98. The van der Waals surface area contributed by atoms with Crippen LogP contribution in [0.25, 0.3) is 16.9 Å². The number of anilines is 1. The third kappa shape index (κ3) is 5.98. The predicted molar refractivity (Wildman–Crippen MR) is 142 cm³/mol. The van der Waals surface area contributed by atoms with Crippen molar-refractivity contribution in [2.75, 3.05) is 19.0 Å². The van der Waals surface area contributed by atoms with Crippen molar-refractivity contribution in [3.8, 4) is 22.7 Å². The molecule has 7 nitrogen and oxygen atoms in total. The first-order valence-corrected chi connectivity index (χ1v) is 12.0. The van der Waals surface area contributed by atoms with Gasteiger partial charge < -0.3 is 9.64 Å². The first kappa shape index (κ1) is 25.9. The van der Waals surface area contributed by atoms with Crippen LogP contribution in [-0.4, -0.2) is 46.0 Å². The summed E-state index contributed by atoms with van der Waals surface area (Å²) in [6.07, 6.45) is 1.79. The van der Waals surface area contributed by atoms with Gasteiger partial charge in [-0.25, -0.2) is 9.37 Å². The number of nitrogens with one attached hydrogen (secondary N) is 1. The molecular formula is C28H26ClFN4O3. The van der Waals surface area contributed by atoms with Crippen molar-refractivity contribution >= 4 is 29.4 Å². The molecule has 0 fully saturated rings. The topological polar surface area (TPSA) is 76.5 Å². The van der Waals surface area contributed by atoms with E-state index in [0.29, 0.717) is 22.2 Å². The number of halogens is 2. The molecule has 1 aromatic heterocycles. The second kappa shape index (κ2) is 11.3. The fourth-order valence-electron chi connectivity index (χ4n) is 3.78. The van der Waals surface area contributed by atoms with Crippen LogP contribution in [0.3, 0.4) is 0 Å². The van der Waals surface area contributed by atoms with Crippen LogP contribution >= 0.6 is 11.6 Å².